The molecule has 182 valence electrons. The molecule has 2 aromatic carbocycles. The van der Waals surface area contributed by atoms with Gasteiger partial charge in [-0.15, -0.1) is 13.2 Å². The lowest BCUT2D eigenvalue weighted by molar-refractivity contribution is -0.274. The van der Waals surface area contributed by atoms with Crippen LogP contribution in [0.3, 0.4) is 0 Å². The van der Waals surface area contributed by atoms with Crippen LogP contribution < -0.4 is 14.4 Å². The Bertz CT molecular complexity index is 1250. The van der Waals surface area contributed by atoms with E-state index in [1.165, 1.54) is 30.2 Å². The van der Waals surface area contributed by atoms with Gasteiger partial charge in [0, 0.05) is 43.2 Å². The van der Waals surface area contributed by atoms with E-state index < -0.39 is 6.36 Å². The van der Waals surface area contributed by atoms with Crippen molar-refractivity contribution >= 4 is 11.6 Å². The van der Waals surface area contributed by atoms with Crippen molar-refractivity contribution in [3.05, 3.63) is 71.3 Å². The highest BCUT2D eigenvalue weighted by atomic mass is 19.4. The number of aromatic nitrogens is 2. The summed E-state index contributed by atoms with van der Waals surface area (Å²) in [6, 6.07) is 12.9. The number of nitrogens with zero attached hydrogens (tertiary/aromatic N) is 4. The SMILES string of the molecule is COc1cc(Cc2cnc(CN3CCN(c4cccc(OC(F)(F)F)c4)C(=O)C3)[nH]2)ccc1C#N. The van der Waals surface area contributed by atoms with Crippen molar-refractivity contribution in [1.82, 2.24) is 14.9 Å². The largest absolute Gasteiger partial charge is 0.573 e. The van der Waals surface area contributed by atoms with E-state index in [1.54, 1.807) is 18.3 Å². The molecule has 0 spiro atoms. The van der Waals surface area contributed by atoms with Crippen LogP contribution in [0.25, 0.3) is 0 Å². The number of halogens is 3. The zero-order valence-corrected chi connectivity index (χ0v) is 18.8. The number of carbonyl (C=O) groups excluding carboxylic acids is 1. The normalized spacial score (nSPS) is 14.6. The van der Waals surface area contributed by atoms with Gasteiger partial charge in [0.1, 0.15) is 23.4 Å². The second kappa shape index (κ2) is 10.1. The van der Waals surface area contributed by atoms with Crippen LogP contribution >= 0.6 is 0 Å². The molecular weight excluding hydrogens is 463 g/mol. The number of nitriles is 1. The van der Waals surface area contributed by atoms with Gasteiger partial charge in [-0.05, 0) is 29.8 Å². The van der Waals surface area contributed by atoms with E-state index in [1.807, 2.05) is 17.0 Å². The van der Waals surface area contributed by atoms with Crippen molar-refractivity contribution in [1.29, 1.82) is 5.26 Å². The average Bonchev–Trinajstić information content (AvgIpc) is 3.24. The fraction of sp³-hybridized carbons (Fsp3) is 0.292. The number of aromatic amines is 1. The van der Waals surface area contributed by atoms with Crippen molar-refractivity contribution in [3.8, 4) is 17.6 Å². The van der Waals surface area contributed by atoms with Crippen LogP contribution in [0, 0.1) is 11.3 Å². The fourth-order valence-corrected chi connectivity index (χ4v) is 3.92. The molecule has 0 bridgehead atoms. The van der Waals surface area contributed by atoms with E-state index in [4.69, 9.17) is 10.00 Å². The highest BCUT2D eigenvalue weighted by Gasteiger charge is 2.32. The number of amides is 1. The molecule has 1 amide bonds. The van der Waals surface area contributed by atoms with Crippen LogP contribution in [0.1, 0.15) is 22.6 Å². The van der Waals surface area contributed by atoms with Gasteiger partial charge in [-0.1, -0.05) is 12.1 Å². The Kier molecular flexibility index (Phi) is 6.93. The maximum absolute atomic E-state index is 12.7. The molecule has 3 aromatic rings. The Morgan fingerprint density at radius 1 is 1.20 bits per heavy atom. The first-order valence-electron chi connectivity index (χ1n) is 10.7. The van der Waals surface area contributed by atoms with Gasteiger partial charge in [-0.3, -0.25) is 9.69 Å². The third-order valence-electron chi connectivity index (χ3n) is 5.50. The predicted octanol–water partition coefficient (Wildman–Crippen LogP) is 3.63. The van der Waals surface area contributed by atoms with Gasteiger partial charge in [0.25, 0.3) is 0 Å². The standard InChI is InChI=1S/C24H22F3N5O3/c1-34-21-10-16(5-6-17(21)12-28)9-18-13-29-22(30-18)14-31-7-8-32(23(33)15-31)19-3-2-4-20(11-19)35-24(25,26)27/h2-6,10-11,13H,7-9,14-15H2,1H3,(H,29,30). The molecule has 0 unspecified atom stereocenters. The number of carbonyl (C=O) groups is 1. The van der Waals surface area contributed by atoms with E-state index >= 15 is 0 Å². The molecule has 11 heteroatoms. The number of imidazole rings is 1. The molecule has 35 heavy (non-hydrogen) atoms. The predicted molar refractivity (Wildman–Crippen MR) is 120 cm³/mol. The first kappa shape index (κ1) is 24.1. The van der Waals surface area contributed by atoms with E-state index in [2.05, 4.69) is 20.8 Å². The molecule has 1 aliphatic heterocycles. The molecule has 0 atom stereocenters. The summed E-state index contributed by atoms with van der Waals surface area (Å²) in [6.07, 6.45) is -2.50. The van der Waals surface area contributed by atoms with Crippen molar-refractivity contribution in [2.24, 2.45) is 0 Å². The summed E-state index contributed by atoms with van der Waals surface area (Å²) in [5, 5.41) is 9.12. The Morgan fingerprint density at radius 2 is 2.03 bits per heavy atom. The second-order valence-corrected chi connectivity index (χ2v) is 7.98. The second-order valence-electron chi connectivity index (χ2n) is 7.98. The number of methoxy groups -OCH3 is 1. The van der Waals surface area contributed by atoms with Gasteiger partial charge in [0.15, 0.2) is 0 Å². The molecule has 1 aliphatic rings. The van der Waals surface area contributed by atoms with E-state index in [0.29, 0.717) is 48.9 Å². The van der Waals surface area contributed by atoms with Gasteiger partial charge >= 0.3 is 6.36 Å². The minimum absolute atomic E-state index is 0.104. The Morgan fingerprint density at radius 3 is 2.74 bits per heavy atom. The van der Waals surface area contributed by atoms with E-state index in [9.17, 15) is 18.0 Å². The Balaban J connectivity index is 1.35. The number of nitrogens with one attached hydrogen (secondary N) is 1. The molecule has 1 N–H and O–H groups in total. The minimum atomic E-state index is -4.80. The molecule has 0 radical (unpaired) electrons. The number of hydrogen-bond donors (Lipinski definition) is 1. The number of piperazine rings is 1. The van der Waals surface area contributed by atoms with Crippen molar-refractivity contribution < 1.29 is 27.4 Å². The molecule has 1 fully saturated rings. The van der Waals surface area contributed by atoms with Crippen LogP contribution in [0.4, 0.5) is 18.9 Å². The lowest BCUT2D eigenvalue weighted by Gasteiger charge is -2.34. The molecule has 2 heterocycles. The maximum atomic E-state index is 12.7. The summed E-state index contributed by atoms with van der Waals surface area (Å²) in [6.45, 7) is 1.38. The molecular formula is C24H22F3N5O3. The Labute approximate surface area is 199 Å². The van der Waals surface area contributed by atoms with Crippen molar-refractivity contribution in [2.75, 3.05) is 31.6 Å². The van der Waals surface area contributed by atoms with Gasteiger partial charge in [-0.25, -0.2) is 4.98 Å². The van der Waals surface area contributed by atoms with Gasteiger partial charge in [-0.2, -0.15) is 5.26 Å². The number of benzene rings is 2. The molecule has 1 saturated heterocycles. The number of rotatable bonds is 7. The summed E-state index contributed by atoms with van der Waals surface area (Å²) in [5.41, 5.74) is 2.65. The van der Waals surface area contributed by atoms with E-state index in [0.717, 1.165) is 11.3 Å². The fourth-order valence-electron chi connectivity index (χ4n) is 3.92. The lowest BCUT2D eigenvalue weighted by Crippen LogP contribution is -2.50. The van der Waals surface area contributed by atoms with Crippen LogP contribution in [0.2, 0.25) is 0 Å². The molecule has 1 aromatic heterocycles. The average molecular weight is 485 g/mol. The summed E-state index contributed by atoms with van der Waals surface area (Å²) in [7, 11) is 1.52. The summed E-state index contributed by atoms with van der Waals surface area (Å²) < 4.78 is 46.7. The smallest absolute Gasteiger partial charge is 0.495 e. The minimum Gasteiger partial charge on any atom is -0.495 e. The van der Waals surface area contributed by atoms with Crippen molar-refractivity contribution in [2.45, 2.75) is 19.3 Å². The molecule has 0 aliphatic carbocycles. The quantitative estimate of drug-likeness (QED) is 0.549. The summed E-state index contributed by atoms with van der Waals surface area (Å²) >= 11 is 0. The number of H-pyrrole nitrogens is 1. The lowest BCUT2D eigenvalue weighted by atomic mass is 10.1. The highest BCUT2D eigenvalue weighted by molar-refractivity contribution is 5.95. The van der Waals surface area contributed by atoms with Crippen LogP contribution in [-0.2, 0) is 17.8 Å². The summed E-state index contributed by atoms with van der Waals surface area (Å²) in [4.78, 5) is 23.7. The highest BCUT2D eigenvalue weighted by Crippen LogP contribution is 2.28. The van der Waals surface area contributed by atoms with E-state index in [-0.39, 0.29) is 18.2 Å². The zero-order valence-electron chi connectivity index (χ0n) is 18.8. The first-order valence-corrected chi connectivity index (χ1v) is 10.7. The number of alkyl halides is 3. The topological polar surface area (TPSA) is 94.5 Å². The molecule has 4 rings (SSSR count). The van der Waals surface area contributed by atoms with Crippen LogP contribution in [0.15, 0.2) is 48.7 Å². The first-order chi connectivity index (χ1) is 16.7. The van der Waals surface area contributed by atoms with Crippen LogP contribution in [0.5, 0.6) is 11.5 Å². The number of anilines is 1. The van der Waals surface area contributed by atoms with Gasteiger partial charge in [0.05, 0.1) is 25.8 Å². The third-order valence-corrected chi connectivity index (χ3v) is 5.50. The number of hydrogen-bond acceptors (Lipinski definition) is 6. The monoisotopic (exact) mass is 485 g/mol. The third kappa shape index (κ3) is 6.10. The van der Waals surface area contributed by atoms with Crippen molar-refractivity contribution in [3.63, 3.8) is 0 Å². The van der Waals surface area contributed by atoms with Gasteiger partial charge < -0.3 is 19.4 Å². The Hall–Kier alpha value is -4.04. The van der Waals surface area contributed by atoms with Gasteiger partial charge in [0.2, 0.25) is 5.91 Å². The van der Waals surface area contributed by atoms with Crippen LogP contribution in [-0.4, -0.2) is 53.9 Å². The summed E-state index contributed by atoms with van der Waals surface area (Å²) in [5.74, 6) is 0.615. The molecule has 0 saturated carbocycles. The molecule has 8 nitrogen and oxygen atoms in total. The number of ether oxygens (including phenoxy) is 2. The maximum Gasteiger partial charge on any atom is 0.573 e. The zero-order chi connectivity index (χ0) is 25.0.